The lowest BCUT2D eigenvalue weighted by molar-refractivity contribution is -0.138. The Morgan fingerprint density at radius 1 is 1.33 bits per heavy atom. The topological polar surface area (TPSA) is 92.7 Å². The lowest BCUT2D eigenvalue weighted by Crippen LogP contribution is -2.19. The third-order valence-electron chi connectivity index (χ3n) is 2.72. The fourth-order valence-corrected chi connectivity index (χ4v) is 1.80. The summed E-state index contributed by atoms with van der Waals surface area (Å²) in [5.41, 5.74) is 0.0208. The first kappa shape index (κ1) is 16.6. The fraction of sp³-hybridized carbons (Fsp3) is 0.357. The van der Waals surface area contributed by atoms with Gasteiger partial charge in [0.1, 0.15) is 5.82 Å². The van der Waals surface area contributed by atoms with Crippen molar-refractivity contribution in [3.63, 3.8) is 0 Å². The number of anilines is 1. The molecule has 0 saturated heterocycles. The SMILES string of the molecule is COC(=O)c1ccc(F)cc1NC(=O)CC(C)CC(=O)O. The van der Waals surface area contributed by atoms with E-state index in [-0.39, 0.29) is 30.0 Å². The van der Waals surface area contributed by atoms with Gasteiger partial charge in [0.25, 0.3) is 0 Å². The number of nitrogens with one attached hydrogen (secondary N) is 1. The van der Waals surface area contributed by atoms with Gasteiger partial charge in [0.2, 0.25) is 5.91 Å². The number of carbonyl (C=O) groups excluding carboxylic acids is 2. The van der Waals surface area contributed by atoms with Crippen molar-refractivity contribution >= 4 is 23.5 Å². The smallest absolute Gasteiger partial charge is 0.339 e. The first-order valence-electron chi connectivity index (χ1n) is 6.23. The van der Waals surface area contributed by atoms with Crippen molar-refractivity contribution in [3.8, 4) is 0 Å². The van der Waals surface area contributed by atoms with E-state index in [0.717, 1.165) is 12.1 Å². The van der Waals surface area contributed by atoms with Crippen LogP contribution in [0.2, 0.25) is 0 Å². The number of hydrogen-bond donors (Lipinski definition) is 2. The number of rotatable bonds is 6. The van der Waals surface area contributed by atoms with Crippen molar-refractivity contribution < 1.29 is 28.6 Å². The molecule has 0 aliphatic rings. The summed E-state index contributed by atoms with van der Waals surface area (Å²) in [5, 5.41) is 11.0. The van der Waals surface area contributed by atoms with Crippen LogP contribution in [0.5, 0.6) is 0 Å². The van der Waals surface area contributed by atoms with Crippen molar-refractivity contribution in [2.45, 2.75) is 19.8 Å². The summed E-state index contributed by atoms with van der Waals surface area (Å²) in [6.45, 7) is 1.61. The van der Waals surface area contributed by atoms with Gasteiger partial charge in [0.15, 0.2) is 0 Å². The second kappa shape index (κ2) is 7.37. The molecule has 114 valence electrons. The molecule has 1 rings (SSSR count). The quantitative estimate of drug-likeness (QED) is 0.784. The lowest BCUT2D eigenvalue weighted by Gasteiger charge is -2.12. The van der Waals surface area contributed by atoms with Crippen LogP contribution in [-0.2, 0) is 14.3 Å². The van der Waals surface area contributed by atoms with Gasteiger partial charge in [0.05, 0.1) is 18.4 Å². The van der Waals surface area contributed by atoms with E-state index >= 15 is 0 Å². The molecule has 0 spiro atoms. The summed E-state index contributed by atoms with van der Waals surface area (Å²) in [4.78, 5) is 33.9. The van der Waals surface area contributed by atoms with Crippen LogP contribution in [-0.4, -0.2) is 30.1 Å². The molecule has 0 fully saturated rings. The molecule has 0 saturated carbocycles. The van der Waals surface area contributed by atoms with Crippen LogP contribution in [0.1, 0.15) is 30.1 Å². The van der Waals surface area contributed by atoms with E-state index in [9.17, 15) is 18.8 Å². The molecule has 1 unspecified atom stereocenters. The number of carbonyl (C=O) groups is 3. The number of carboxylic acids is 1. The molecule has 0 radical (unpaired) electrons. The van der Waals surface area contributed by atoms with Crippen molar-refractivity contribution in [3.05, 3.63) is 29.6 Å². The monoisotopic (exact) mass is 297 g/mol. The molecule has 0 heterocycles. The van der Waals surface area contributed by atoms with Crippen LogP contribution in [0.4, 0.5) is 10.1 Å². The molecule has 0 aromatic heterocycles. The molecule has 0 bridgehead atoms. The summed E-state index contributed by atoms with van der Waals surface area (Å²) < 4.78 is 17.8. The predicted molar refractivity (Wildman–Crippen MR) is 72.4 cm³/mol. The fourth-order valence-electron chi connectivity index (χ4n) is 1.80. The maximum Gasteiger partial charge on any atom is 0.339 e. The normalized spacial score (nSPS) is 11.6. The van der Waals surface area contributed by atoms with Crippen molar-refractivity contribution in [2.24, 2.45) is 5.92 Å². The summed E-state index contributed by atoms with van der Waals surface area (Å²) in [7, 11) is 1.17. The van der Waals surface area contributed by atoms with Gasteiger partial charge < -0.3 is 15.2 Å². The van der Waals surface area contributed by atoms with Crippen LogP contribution in [0, 0.1) is 11.7 Å². The van der Waals surface area contributed by atoms with Crippen molar-refractivity contribution in [1.82, 2.24) is 0 Å². The third kappa shape index (κ3) is 5.21. The molecule has 1 aromatic rings. The largest absolute Gasteiger partial charge is 0.481 e. The molecule has 2 N–H and O–H groups in total. The minimum Gasteiger partial charge on any atom is -0.481 e. The number of carboxylic acid groups (broad SMARTS) is 1. The van der Waals surface area contributed by atoms with Crippen LogP contribution in [0.15, 0.2) is 18.2 Å². The van der Waals surface area contributed by atoms with Gasteiger partial charge in [0, 0.05) is 12.8 Å². The molecule has 0 aliphatic heterocycles. The predicted octanol–water partition coefficient (Wildman–Crippen LogP) is 2.05. The number of ether oxygens (including phenoxy) is 1. The number of methoxy groups -OCH3 is 1. The zero-order valence-electron chi connectivity index (χ0n) is 11.7. The average molecular weight is 297 g/mol. The molecule has 6 nitrogen and oxygen atoms in total. The van der Waals surface area contributed by atoms with Gasteiger partial charge in [-0.3, -0.25) is 9.59 Å². The molecule has 7 heteroatoms. The van der Waals surface area contributed by atoms with Crippen LogP contribution in [0.3, 0.4) is 0 Å². The highest BCUT2D eigenvalue weighted by molar-refractivity contribution is 6.01. The first-order chi connectivity index (χ1) is 9.83. The van der Waals surface area contributed by atoms with Gasteiger partial charge in [-0.1, -0.05) is 6.92 Å². The highest BCUT2D eigenvalue weighted by Crippen LogP contribution is 2.19. The van der Waals surface area contributed by atoms with Gasteiger partial charge in [-0.2, -0.15) is 0 Å². The summed E-state index contributed by atoms with van der Waals surface area (Å²) in [6, 6.07) is 3.29. The Balaban J connectivity index is 2.82. The number of esters is 1. The second-order valence-corrected chi connectivity index (χ2v) is 4.64. The van der Waals surface area contributed by atoms with Crippen molar-refractivity contribution in [1.29, 1.82) is 0 Å². The zero-order valence-corrected chi connectivity index (χ0v) is 11.7. The summed E-state index contributed by atoms with van der Waals surface area (Å²) in [6.07, 6.45) is -0.205. The van der Waals surface area contributed by atoms with E-state index in [2.05, 4.69) is 10.1 Å². The standard InChI is InChI=1S/C14H16FNO5/c1-8(6-13(18)19)5-12(17)16-11-7-9(15)3-4-10(11)14(20)21-2/h3-4,7-8H,5-6H2,1-2H3,(H,16,17)(H,18,19). The van der Waals surface area contributed by atoms with E-state index in [1.165, 1.54) is 13.2 Å². The number of hydrogen-bond acceptors (Lipinski definition) is 4. The number of halogens is 1. The first-order valence-corrected chi connectivity index (χ1v) is 6.23. The highest BCUT2D eigenvalue weighted by atomic mass is 19.1. The van der Waals surface area contributed by atoms with E-state index in [4.69, 9.17) is 5.11 Å². The maximum absolute atomic E-state index is 13.2. The minimum absolute atomic E-state index is 0.00521. The zero-order chi connectivity index (χ0) is 16.0. The maximum atomic E-state index is 13.2. The second-order valence-electron chi connectivity index (χ2n) is 4.64. The molecule has 21 heavy (non-hydrogen) atoms. The lowest BCUT2D eigenvalue weighted by atomic mass is 10.0. The van der Waals surface area contributed by atoms with E-state index < -0.39 is 23.7 Å². The average Bonchev–Trinajstić information content (AvgIpc) is 2.36. The number of aliphatic carboxylic acids is 1. The van der Waals surface area contributed by atoms with E-state index in [1.807, 2.05) is 0 Å². The van der Waals surface area contributed by atoms with Gasteiger partial charge >= 0.3 is 11.9 Å². The van der Waals surface area contributed by atoms with Crippen LogP contribution >= 0.6 is 0 Å². The number of amides is 1. The minimum atomic E-state index is -1.00. The summed E-state index contributed by atoms with van der Waals surface area (Å²) in [5.74, 6) is -3.20. The molecular formula is C14H16FNO5. The molecule has 1 amide bonds. The van der Waals surface area contributed by atoms with Gasteiger partial charge in [-0.15, -0.1) is 0 Å². The van der Waals surface area contributed by atoms with Crippen molar-refractivity contribution in [2.75, 3.05) is 12.4 Å². The van der Waals surface area contributed by atoms with Gasteiger partial charge in [-0.25, -0.2) is 9.18 Å². The molecule has 1 aromatic carbocycles. The van der Waals surface area contributed by atoms with E-state index in [0.29, 0.717) is 0 Å². The number of benzene rings is 1. The van der Waals surface area contributed by atoms with Crippen LogP contribution in [0.25, 0.3) is 0 Å². The molecule has 0 aliphatic carbocycles. The Kier molecular flexibility index (Phi) is 5.83. The Hall–Kier alpha value is -2.44. The molecule has 1 atom stereocenters. The molecular weight excluding hydrogens is 281 g/mol. The van der Waals surface area contributed by atoms with Crippen LogP contribution < -0.4 is 5.32 Å². The summed E-state index contributed by atoms with van der Waals surface area (Å²) >= 11 is 0. The van der Waals surface area contributed by atoms with E-state index in [1.54, 1.807) is 6.92 Å². The highest BCUT2D eigenvalue weighted by Gasteiger charge is 2.17. The Labute approximate surface area is 120 Å². The Morgan fingerprint density at radius 2 is 2.00 bits per heavy atom. The Bertz CT molecular complexity index is 558. The van der Waals surface area contributed by atoms with Gasteiger partial charge in [-0.05, 0) is 24.1 Å². The Morgan fingerprint density at radius 3 is 2.57 bits per heavy atom. The third-order valence-corrected chi connectivity index (χ3v) is 2.72.